The molecule has 0 atom stereocenters. The van der Waals surface area contributed by atoms with Crippen LogP contribution in [0.4, 0.5) is 0 Å². The lowest BCUT2D eigenvalue weighted by Crippen LogP contribution is -2.13. The Morgan fingerprint density at radius 1 is 0.765 bits per heavy atom. The van der Waals surface area contributed by atoms with Crippen LogP contribution in [-0.2, 0) is 0 Å². The predicted octanol–water partition coefficient (Wildman–Crippen LogP) is 5.81. The van der Waals surface area contributed by atoms with Gasteiger partial charge >= 0.3 is 0 Å². The van der Waals surface area contributed by atoms with Gasteiger partial charge in [0.1, 0.15) is 0 Å². The summed E-state index contributed by atoms with van der Waals surface area (Å²) in [5.74, 6) is 1.16. The molecule has 0 aliphatic heterocycles. The van der Waals surface area contributed by atoms with Gasteiger partial charge in [-0.15, -0.1) is 0 Å². The SMILES string of the molecule is CCCC[P+](CCCC)(CCCC)CC1CC1. The van der Waals surface area contributed by atoms with Crippen LogP contribution in [0.5, 0.6) is 0 Å². The van der Waals surface area contributed by atoms with E-state index >= 15 is 0 Å². The predicted molar refractivity (Wildman–Crippen MR) is 83.8 cm³/mol. The van der Waals surface area contributed by atoms with Crippen molar-refractivity contribution in [2.24, 2.45) is 5.92 Å². The van der Waals surface area contributed by atoms with Gasteiger partial charge in [-0.25, -0.2) is 0 Å². The smallest absolute Gasteiger partial charge is 0.0622 e. The molecule has 0 amide bonds. The second-order valence-corrected chi connectivity index (χ2v) is 10.6. The van der Waals surface area contributed by atoms with E-state index in [-0.39, 0.29) is 0 Å². The lowest BCUT2D eigenvalue weighted by molar-refractivity contribution is 0.821. The van der Waals surface area contributed by atoms with Crippen molar-refractivity contribution >= 4 is 7.26 Å². The summed E-state index contributed by atoms with van der Waals surface area (Å²) in [7, 11) is -0.539. The third-order valence-electron chi connectivity index (χ3n) is 4.30. The Bertz CT molecular complexity index is 162. The molecule has 0 aromatic rings. The standard InChI is InChI=1S/C16H34P/c1-4-7-12-17(13-8-5-2,14-9-6-3)15-16-10-11-16/h16H,4-15H2,1-3H3/q+1. The molecule has 0 N–H and O–H groups in total. The number of hydrogen-bond donors (Lipinski definition) is 0. The van der Waals surface area contributed by atoms with Crippen LogP contribution in [0.25, 0.3) is 0 Å². The van der Waals surface area contributed by atoms with Crippen LogP contribution < -0.4 is 0 Å². The van der Waals surface area contributed by atoms with Crippen molar-refractivity contribution in [2.75, 3.05) is 24.6 Å². The van der Waals surface area contributed by atoms with E-state index in [0.29, 0.717) is 0 Å². The highest BCUT2D eigenvalue weighted by molar-refractivity contribution is 7.75. The molecule has 0 aromatic carbocycles. The van der Waals surface area contributed by atoms with Gasteiger partial charge in [0, 0.05) is 7.26 Å². The molecule has 1 aliphatic rings. The summed E-state index contributed by atoms with van der Waals surface area (Å²) in [5.41, 5.74) is 0. The second kappa shape index (κ2) is 8.52. The van der Waals surface area contributed by atoms with E-state index in [0.717, 1.165) is 5.92 Å². The summed E-state index contributed by atoms with van der Waals surface area (Å²) in [6.45, 7) is 7.10. The molecule has 1 rings (SSSR count). The topological polar surface area (TPSA) is 0 Å². The Morgan fingerprint density at radius 3 is 1.47 bits per heavy atom. The number of unbranched alkanes of at least 4 members (excludes halogenated alkanes) is 3. The fraction of sp³-hybridized carbons (Fsp3) is 1.00. The third kappa shape index (κ3) is 6.23. The monoisotopic (exact) mass is 257 g/mol. The van der Waals surface area contributed by atoms with E-state index in [2.05, 4.69) is 20.8 Å². The number of rotatable bonds is 11. The largest absolute Gasteiger partial charge is 0.0652 e. The van der Waals surface area contributed by atoms with Gasteiger partial charge in [-0.2, -0.15) is 0 Å². The van der Waals surface area contributed by atoms with Crippen LogP contribution >= 0.6 is 7.26 Å². The van der Waals surface area contributed by atoms with Crippen molar-refractivity contribution in [2.45, 2.75) is 72.1 Å². The van der Waals surface area contributed by atoms with Gasteiger partial charge in [0.15, 0.2) is 0 Å². The van der Waals surface area contributed by atoms with E-state index < -0.39 is 7.26 Å². The summed E-state index contributed by atoms with van der Waals surface area (Å²) in [5, 5.41) is 0. The summed E-state index contributed by atoms with van der Waals surface area (Å²) in [4.78, 5) is 0. The fourth-order valence-corrected chi connectivity index (χ4v) is 8.58. The van der Waals surface area contributed by atoms with E-state index in [1.165, 1.54) is 38.5 Å². The average molecular weight is 257 g/mol. The summed E-state index contributed by atoms with van der Waals surface area (Å²) < 4.78 is 0. The third-order valence-corrected chi connectivity index (χ3v) is 9.39. The minimum Gasteiger partial charge on any atom is -0.0652 e. The Morgan fingerprint density at radius 2 is 1.18 bits per heavy atom. The molecule has 0 unspecified atom stereocenters. The molecule has 1 fully saturated rings. The highest BCUT2D eigenvalue weighted by Crippen LogP contribution is 2.64. The normalized spacial score (nSPS) is 16.4. The molecule has 0 saturated heterocycles. The molecule has 17 heavy (non-hydrogen) atoms. The quantitative estimate of drug-likeness (QED) is 0.409. The lowest BCUT2D eigenvalue weighted by atomic mass is 10.4. The van der Waals surface area contributed by atoms with Crippen molar-refractivity contribution in [3.63, 3.8) is 0 Å². The summed E-state index contributed by atoms with van der Waals surface area (Å²) in [6, 6.07) is 0. The van der Waals surface area contributed by atoms with Gasteiger partial charge in [0.2, 0.25) is 0 Å². The lowest BCUT2D eigenvalue weighted by Gasteiger charge is -2.28. The maximum absolute atomic E-state index is 2.37. The van der Waals surface area contributed by atoms with Crippen molar-refractivity contribution < 1.29 is 0 Å². The van der Waals surface area contributed by atoms with Crippen molar-refractivity contribution in [1.29, 1.82) is 0 Å². The zero-order chi connectivity index (χ0) is 12.6. The molecular formula is C16H34P+. The molecule has 1 saturated carbocycles. The van der Waals surface area contributed by atoms with Gasteiger partial charge in [-0.1, -0.05) is 40.0 Å². The molecule has 0 spiro atoms. The molecule has 1 heteroatoms. The molecule has 0 aromatic heterocycles. The average Bonchev–Trinajstić information content (AvgIpc) is 3.15. The first kappa shape index (κ1) is 15.5. The molecular weight excluding hydrogens is 223 g/mol. The molecule has 102 valence electrons. The highest BCUT2D eigenvalue weighted by atomic mass is 31.2. The van der Waals surface area contributed by atoms with Gasteiger partial charge in [0.25, 0.3) is 0 Å². The minimum absolute atomic E-state index is 0.539. The molecule has 0 bridgehead atoms. The molecule has 0 nitrogen and oxygen atoms in total. The van der Waals surface area contributed by atoms with E-state index in [9.17, 15) is 0 Å². The molecule has 0 radical (unpaired) electrons. The Hall–Kier alpha value is 0.430. The van der Waals surface area contributed by atoms with Gasteiger partial charge < -0.3 is 0 Å². The van der Waals surface area contributed by atoms with E-state index in [1.54, 1.807) is 37.5 Å². The molecule has 0 heterocycles. The Kier molecular flexibility index (Phi) is 7.76. The van der Waals surface area contributed by atoms with Crippen LogP contribution in [0.2, 0.25) is 0 Å². The zero-order valence-corrected chi connectivity index (χ0v) is 13.4. The van der Waals surface area contributed by atoms with E-state index in [1.807, 2.05) is 0 Å². The zero-order valence-electron chi connectivity index (χ0n) is 12.5. The van der Waals surface area contributed by atoms with E-state index in [4.69, 9.17) is 0 Å². The Balaban J connectivity index is 2.51. The van der Waals surface area contributed by atoms with Crippen molar-refractivity contribution in [3.05, 3.63) is 0 Å². The van der Waals surface area contributed by atoms with Gasteiger partial charge in [-0.05, 0) is 38.0 Å². The summed E-state index contributed by atoms with van der Waals surface area (Å²) >= 11 is 0. The van der Waals surface area contributed by atoms with Crippen molar-refractivity contribution in [3.8, 4) is 0 Å². The Labute approximate surface area is 110 Å². The maximum atomic E-state index is 2.37. The number of hydrogen-bond acceptors (Lipinski definition) is 0. The van der Waals surface area contributed by atoms with Crippen molar-refractivity contribution in [1.82, 2.24) is 0 Å². The maximum Gasteiger partial charge on any atom is 0.0622 e. The van der Waals surface area contributed by atoms with Crippen LogP contribution in [0.1, 0.15) is 72.1 Å². The van der Waals surface area contributed by atoms with Crippen LogP contribution in [0.3, 0.4) is 0 Å². The van der Waals surface area contributed by atoms with Crippen LogP contribution in [0, 0.1) is 5.92 Å². The molecule has 1 aliphatic carbocycles. The summed E-state index contributed by atoms with van der Waals surface area (Å²) in [6.07, 6.45) is 18.4. The second-order valence-electron chi connectivity index (χ2n) is 6.20. The first-order valence-electron chi connectivity index (χ1n) is 8.11. The van der Waals surface area contributed by atoms with Gasteiger partial charge in [0.05, 0.1) is 24.6 Å². The first-order valence-corrected chi connectivity index (χ1v) is 10.6. The fourth-order valence-electron chi connectivity index (χ4n) is 2.94. The van der Waals surface area contributed by atoms with Gasteiger partial charge in [-0.3, -0.25) is 0 Å². The minimum atomic E-state index is -0.539. The van der Waals surface area contributed by atoms with Crippen LogP contribution in [-0.4, -0.2) is 24.6 Å². The highest BCUT2D eigenvalue weighted by Gasteiger charge is 2.41. The van der Waals surface area contributed by atoms with Crippen LogP contribution in [0.15, 0.2) is 0 Å². The first-order chi connectivity index (χ1) is 8.26.